The maximum absolute atomic E-state index is 14.6. The number of hydrogen-bond acceptors (Lipinski definition) is 2. The van der Waals surface area contributed by atoms with Crippen molar-refractivity contribution in [3.63, 3.8) is 0 Å². The van der Waals surface area contributed by atoms with Gasteiger partial charge in [0.15, 0.2) is 23.1 Å². The van der Waals surface area contributed by atoms with Gasteiger partial charge in [0.1, 0.15) is 6.17 Å². The van der Waals surface area contributed by atoms with Crippen molar-refractivity contribution in [3.8, 4) is 11.5 Å². The Balaban J connectivity index is 1.64. The van der Waals surface area contributed by atoms with E-state index < -0.39 is 40.8 Å². The third-order valence-corrected chi connectivity index (χ3v) is 5.80. The zero-order valence-electron chi connectivity index (χ0n) is 17.0. The summed E-state index contributed by atoms with van der Waals surface area (Å²) >= 11 is 0. The fraction of sp³-hybridized carbons (Fsp3) is 0.478. The number of ether oxygens (including phenoxy) is 2. The maximum atomic E-state index is 14.6. The minimum Gasteiger partial charge on any atom is -0.494 e. The van der Waals surface area contributed by atoms with Gasteiger partial charge in [-0.05, 0) is 42.4 Å². The molecular weight excluding hydrogens is 403 g/mol. The van der Waals surface area contributed by atoms with Crippen molar-refractivity contribution in [2.45, 2.75) is 51.1 Å². The molecule has 0 N–H and O–H groups in total. The molecule has 0 amide bonds. The van der Waals surface area contributed by atoms with Crippen LogP contribution in [0.5, 0.6) is 11.5 Å². The topological polar surface area (TPSA) is 18.5 Å². The third-order valence-electron chi connectivity index (χ3n) is 5.80. The van der Waals surface area contributed by atoms with Crippen LogP contribution >= 0.6 is 0 Å². The monoisotopic (exact) mass is 428 g/mol. The highest BCUT2D eigenvalue weighted by molar-refractivity contribution is 5.35. The van der Waals surface area contributed by atoms with Crippen molar-refractivity contribution >= 4 is 0 Å². The Labute approximate surface area is 173 Å². The largest absolute Gasteiger partial charge is 0.494 e. The lowest BCUT2D eigenvalue weighted by Gasteiger charge is -2.27. The molecule has 1 aliphatic carbocycles. The molecule has 30 heavy (non-hydrogen) atoms. The predicted octanol–water partition coefficient (Wildman–Crippen LogP) is 7.03. The summed E-state index contributed by atoms with van der Waals surface area (Å²) in [7, 11) is 1.19. The summed E-state index contributed by atoms with van der Waals surface area (Å²) in [6.45, 7) is 1.80. The van der Waals surface area contributed by atoms with Crippen LogP contribution in [0.25, 0.3) is 0 Å². The lowest BCUT2D eigenvalue weighted by molar-refractivity contribution is 0.223. The van der Waals surface area contributed by atoms with Crippen LogP contribution < -0.4 is 9.47 Å². The number of benzene rings is 2. The molecule has 2 nitrogen and oxygen atoms in total. The first-order valence-corrected chi connectivity index (χ1v) is 10.1. The van der Waals surface area contributed by atoms with Gasteiger partial charge < -0.3 is 9.47 Å². The number of alkyl halides is 1. The van der Waals surface area contributed by atoms with Crippen molar-refractivity contribution in [3.05, 3.63) is 58.7 Å². The Kier molecular flexibility index (Phi) is 7.21. The van der Waals surface area contributed by atoms with E-state index in [2.05, 4.69) is 11.7 Å². The van der Waals surface area contributed by atoms with Gasteiger partial charge in [-0.1, -0.05) is 31.9 Å². The van der Waals surface area contributed by atoms with E-state index in [-0.39, 0.29) is 24.7 Å². The zero-order valence-corrected chi connectivity index (χ0v) is 17.0. The molecule has 0 aliphatic heterocycles. The van der Waals surface area contributed by atoms with E-state index in [9.17, 15) is 22.0 Å². The van der Waals surface area contributed by atoms with Crippen molar-refractivity contribution in [2.24, 2.45) is 5.92 Å². The molecule has 2 aromatic rings. The van der Waals surface area contributed by atoms with E-state index in [1.54, 1.807) is 0 Å². The lowest BCUT2D eigenvalue weighted by Crippen LogP contribution is -2.14. The van der Waals surface area contributed by atoms with Crippen LogP contribution in [0, 0.1) is 29.2 Å². The summed E-state index contributed by atoms with van der Waals surface area (Å²) in [6, 6.07) is 5.06. The van der Waals surface area contributed by atoms with E-state index in [4.69, 9.17) is 4.74 Å². The highest BCUT2D eigenvalue weighted by Crippen LogP contribution is 2.38. The van der Waals surface area contributed by atoms with Gasteiger partial charge >= 0.3 is 0 Å². The second-order valence-electron chi connectivity index (χ2n) is 7.83. The molecule has 164 valence electrons. The van der Waals surface area contributed by atoms with Crippen LogP contribution in [-0.4, -0.2) is 13.7 Å². The fourth-order valence-electron chi connectivity index (χ4n) is 3.92. The average molecular weight is 428 g/mol. The predicted molar refractivity (Wildman–Crippen MR) is 104 cm³/mol. The lowest BCUT2D eigenvalue weighted by atomic mass is 9.79. The molecule has 0 radical (unpaired) electrons. The van der Waals surface area contributed by atoms with Crippen LogP contribution in [0.3, 0.4) is 0 Å². The number of rotatable bonds is 7. The molecule has 0 bridgehead atoms. The average Bonchev–Trinajstić information content (AvgIpc) is 2.74. The molecule has 2 aromatic carbocycles. The molecule has 1 atom stereocenters. The molecule has 0 saturated heterocycles. The van der Waals surface area contributed by atoms with Gasteiger partial charge in [0.05, 0.1) is 13.7 Å². The first kappa shape index (κ1) is 22.4. The Hall–Kier alpha value is -2.31. The van der Waals surface area contributed by atoms with E-state index in [0.717, 1.165) is 31.7 Å². The van der Waals surface area contributed by atoms with E-state index in [1.807, 2.05) is 0 Å². The molecule has 1 fully saturated rings. The summed E-state index contributed by atoms with van der Waals surface area (Å²) in [4.78, 5) is 0. The van der Waals surface area contributed by atoms with Gasteiger partial charge in [-0.25, -0.2) is 13.2 Å². The first-order valence-electron chi connectivity index (χ1n) is 10.1. The van der Waals surface area contributed by atoms with Crippen LogP contribution in [0.2, 0.25) is 0 Å². The quantitative estimate of drug-likeness (QED) is 0.441. The van der Waals surface area contributed by atoms with Crippen molar-refractivity contribution in [1.82, 2.24) is 0 Å². The maximum Gasteiger partial charge on any atom is 0.204 e. The number of methoxy groups -OCH3 is 1. The van der Waals surface area contributed by atoms with Gasteiger partial charge in [0.2, 0.25) is 11.6 Å². The Morgan fingerprint density at radius 2 is 1.50 bits per heavy atom. The number of halogens is 5. The van der Waals surface area contributed by atoms with Gasteiger partial charge in [-0.2, -0.15) is 8.78 Å². The van der Waals surface area contributed by atoms with Crippen molar-refractivity contribution in [2.75, 3.05) is 13.7 Å². The summed E-state index contributed by atoms with van der Waals surface area (Å²) in [5.74, 6) is -4.84. The zero-order chi connectivity index (χ0) is 21.8. The summed E-state index contributed by atoms with van der Waals surface area (Å²) in [5, 5.41) is 0. The fourth-order valence-corrected chi connectivity index (χ4v) is 3.92. The molecule has 3 rings (SSSR count). The normalized spacial score (nSPS) is 20.1. The SMILES string of the molecule is COc1ccc(OCCC(F)c2ccc(C3CCC(C)CC3)c(F)c2F)c(F)c1F. The Morgan fingerprint density at radius 1 is 0.867 bits per heavy atom. The van der Waals surface area contributed by atoms with Gasteiger partial charge in [0, 0.05) is 12.0 Å². The van der Waals surface area contributed by atoms with Gasteiger partial charge in [-0.3, -0.25) is 0 Å². The van der Waals surface area contributed by atoms with Gasteiger partial charge in [-0.15, -0.1) is 0 Å². The van der Waals surface area contributed by atoms with Crippen LogP contribution in [0.15, 0.2) is 24.3 Å². The van der Waals surface area contributed by atoms with Crippen molar-refractivity contribution in [1.29, 1.82) is 0 Å². The molecule has 0 spiro atoms. The minimum atomic E-state index is -1.84. The minimum absolute atomic E-state index is 0.0564. The Bertz CT molecular complexity index is 878. The van der Waals surface area contributed by atoms with E-state index in [0.29, 0.717) is 11.5 Å². The molecule has 1 saturated carbocycles. The van der Waals surface area contributed by atoms with E-state index >= 15 is 0 Å². The molecule has 1 aliphatic rings. The smallest absolute Gasteiger partial charge is 0.204 e. The summed E-state index contributed by atoms with van der Waals surface area (Å²) in [5.41, 5.74) is -0.104. The molecular formula is C23H25F5O2. The van der Waals surface area contributed by atoms with Gasteiger partial charge in [0.25, 0.3) is 0 Å². The van der Waals surface area contributed by atoms with Crippen LogP contribution in [0.1, 0.15) is 62.2 Å². The molecule has 0 aromatic heterocycles. The molecule has 7 heteroatoms. The molecule has 0 heterocycles. The first-order chi connectivity index (χ1) is 14.3. The standard InChI is InChI=1S/C23H25F5O2/c1-13-3-5-14(6-4-13)15-7-8-16(21(26)20(15)25)17(24)11-12-30-19-10-9-18(29-2)22(27)23(19)28/h7-10,13-14,17H,3-6,11-12H2,1-2H3. The summed E-state index contributed by atoms with van der Waals surface area (Å²) < 4.78 is 80.9. The van der Waals surface area contributed by atoms with Crippen LogP contribution in [-0.2, 0) is 0 Å². The number of hydrogen-bond donors (Lipinski definition) is 0. The van der Waals surface area contributed by atoms with Crippen molar-refractivity contribution < 1.29 is 31.4 Å². The second kappa shape index (κ2) is 9.67. The highest BCUT2D eigenvalue weighted by atomic mass is 19.2. The summed E-state index contributed by atoms with van der Waals surface area (Å²) in [6.07, 6.45) is 1.30. The van der Waals surface area contributed by atoms with Crippen LogP contribution in [0.4, 0.5) is 22.0 Å². The Morgan fingerprint density at radius 3 is 2.17 bits per heavy atom. The molecule has 1 unspecified atom stereocenters. The third kappa shape index (κ3) is 4.71. The highest BCUT2D eigenvalue weighted by Gasteiger charge is 2.27. The second-order valence-corrected chi connectivity index (χ2v) is 7.83. The van der Waals surface area contributed by atoms with E-state index in [1.165, 1.54) is 25.3 Å².